The van der Waals surface area contributed by atoms with Crippen molar-refractivity contribution in [1.29, 1.82) is 0 Å². The highest BCUT2D eigenvalue weighted by Gasteiger charge is 2.19. The summed E-state index contributed by atoms with van der Waals surface area (Å²) in [6, 6.07) is 6.32. The van der Waals surface area contributed by atoms with Crippen LogP contribution in [0.3, 0.4) is 0 Å². The average Bonchev–Trinajstić information content (AvgIpc) is 3.02. The van der Waals surface area contributed by atoms with Crippen molar-refractivity contribution in [2.24, 2.45) is 0 Å². The van der Waals surface area contributed by atoms with E-state index in [-0.39, 0.29) is 18.3 Å². The Hall–Kier alpha value is -1.92. The van der Waals surface area contributed by atoms with E-state index in [1.54, 1.807) is 6.20 Å². The zero-order valence-electron chi connectivity index (χ0n) is 13.4. The predicted molar refractivity (Wildman–Crippen MR) is 92.3 cm³/mol. The Balaban J connectivity index is 0.00000192. The molecule has 124 valence electrons. The third-order valence-corrected chi connectivity index (χ3v) is 4.07. The van der Waals surface area contributed by atoms with Crippen LogP contribution in [0.2, 0.25) is 0 Å². The number of nitrogens with zero attached hydrogens (tertiary/aromatic N) is 3. The molecule has 0 aliphatic carbocycles. The standard InChI is InChI=1S/C16H21N5O.ClH/c1-11-3-4-12(2)14(9-11)18-16(22)15-10-21(20-19-15)13-5-7-17-8-6-13;/h3-4,9-10,13,17H,5-8H2,1-2H3,(H,18,22);1H. The van der Waals surface area contributed by atoms with Crippen LogP contribution >= 0.6 is 12.4 Å². The number of anilines is 1. The lowest BCUT2D eigenvalue weighted by Crippen LogP contribution is -2.29. The average molecular weight is 336 g/mol. The maximum Gasteiger partial charge on any atom is 0.277 e. The summed E-state index contributed by atoms with van der Waals surface area (Å²) >= 11 is 0. The van der Waals surface area contributed by atoms with Crippen LogP contribution in [0.1, 0.15) is 40.5 Å². The molecule has 0 saturated carbocycles. The summed E-state index contributed by atoms with van der Waals surface area (Å²) in [6.07, 6.45) is 3.78. The van der Waals surface area contributed by atoms with Gasteiger partial charge in [0.05, 0.1) is 12.2 Å². The third-order valence-electron chi connectivity index (χ3n) is 4.07. The minimum absolute atomic E-state index is 0. The van der Waals surface area contributed by atoms with Gasteiger partial charge in [0, 0.05) is 5.69 Å². The molecule has 0 spiro atoms. The van der Waals surface area contributed by atoms with Gasteiger partial charge in [-0.3, -0.25) is 4.79 Å². The van der Waals surface area contributed by atoms with E-state index in [2.05, 4.69) is 20.9 Å². The highest BCUT2D eigenvalue weighted by atomic mass is 35.5. The van der Waals surface area contributed by atoms with Crippen LogP contribution in [0.15, 0.2) is 24.4 Å². The van der Waals surface area contributed by atoms with E-state index in [4.69, 9.17) is 0 Å². The fraction of sp³-hybridized carbons (Fsp3) is 0.438. The summed E-state index contributed by atoms with van der Waals surface area (Å²) in [6.45, 7) is 5.94. The molecule has 0 radical (unpaired) electrons. The lowest BCUT2D eigenvalue weighted by Gasteiger charge is -2.22. The molecule has 1 aliphatic heterocycles. The number of halogens is 1. The smallest absolute Gasteiger partial charge is 0.277 e. The first kappa shape index (κ1) is 17.4. The second-order valence-electron chi connectivity index (χ2n) is 5.84. The lowest BCUT2D eigenvalue weighted by molar-refractivity contribution is 0.102. The number of amides is 1. The van der Waals surface area contributed by atoms with Crippen LogP contribution in [-0.4, -0.2) is 34.0 Å². The van der Waals surface area contributed by atoms with Gasteiger partial charge in [-0.05, 0) is 57.0 Å². The van der Waals surface area contributed by atoms with Gasteiger partial charge in [-0.1, -0.05) is 17.3 Å². The molecule has 23 heavy (non-hydrogen) atoms. The van der Waals surface area contributed by atoms with E-state index in [0.29, 0.717) is 11.7 Å². The van der Waals surface area contributed by atoms with Gasteiger partial charge in [-0.25, -0.2) is 4.68 Å². The van der Waals surface area contributed by atoms with E-state index < -0.39 is 0 Å². The highest BCUT2D eigenvalue weighted by Crippen LogP contribution is 2.19. The number of benzene rings is 1. The van der Waals surface area contributed by atoms with Crippen molar-refractivity contribution in [3.8, 4) is 0 Å². The van der Waals surface area contributed by atoms with Crippen molar-refractivity contribution < 1.29 is 4.79 Å². The van der Waals surface area contributed by atoms with Crippen LogP contribution in [0.25, 0.3) is 0 Å². The number of carbonyl (C=O) groups excluding carboxylic acids is 1. The monoisotopic (exact) mass is 335 g/mol. The fourth-order valence-corrected chi connectivity index (χ4v) is 2.69. The highest BCUT2D eigenvalue weighted by molar-refractivity contribution is 6.03. The minimum Gasteiger partial charge on any atom is -0.320 e. The molecule has 1 fully saturated rings. The van der Waals surface area contributed by atoms with Gasteiger partial charge in [-0.2, -0.15) is 0 Å². The summed E-state index contributed by atoms with van der Waals surface area (Å²) in [5, 5.41) is 14.4. The first-order valence-corrected chi connectivity index (χ1v) is 7.64. The zero-order valence-corrected chi connectivity index (χ0v) is 14.2. The maximum atomic E-state index is 12.3. The van der Waals surface area contributed by atoms with E-state index >= 15 is 0 Å². The first-order chi connectivity index (χ1) is 10.6. The van der Waals surface area contributed by atoms with E-state index in [1.807, 2.05) is 36.7 Å². The minimum atomic E-state index is -0.214. The molecular weight excluding hydrogens is 314 g/mol. The van der Waals surface area contributed by atoms with Crippen molar-refractivity contribution >= 4 is 24.0 Å². The van der Waals surface area contributed by atoms with Crippen molar-refractivity contribution in [3.05, 3.63) is 41.2 Å². The van der Waals surface area contributed by atoms with E-state index in [0.717, 1.165) is 42.7 Å². The molecule has 1 aromatic carbocycles. The van der Waals surface area contributed by atoms with Crippen molar-refractivity contribution in [2.75, 3.05) is 18.4 Å². The summed E-state index contributed by atoms with van der Waals surface area (Å²) in [5.41, 5.74) is 3.32. The van der Waals surface area contributed by atoms with E-state index in [1.165, 1.54) is 0 Å². The third kappa shape index (κ3) is 4.09. The second kappa shape index (κ2) is 7.57. The molecule has 1 saturated heterocycles. The number of hydrogen-bond donors (Lipinski definition) is 2. The summed E-state index contributed by atoms with van der Waals surface area (Å²) < 4.78 is 1.82. The Morgan fingerprint density at radius 3 is 2.78 bits per heavy atom. The first-order valence-electron chi connectivity index (χ1n) is 7.64. The summed E-state index contributed by atoms with van der Waals surface area (Å²) in [4.78, 5) is 12.3. The second-order valence-corrected chi connectivity index (χ2v) is 5.84. The van der Waals surface area contributed by atoms with Gasteiger partial charge in [0.2, 0.25) is 0 Å². The molecule has 0 unspecified atom stereocenters. The van der Waals surface area contributed by atoms with Crippen molar-refractivity contribution in [3.63, 3.8) is 0 Å². The molecule has 7 heteroatoms. The number of aryl methyl sites for hydroxylation is 2. The molecule has 0 atom stereocenters. The number of rotatable bonds is 3. The Morgan fingerprint density at radius 1 is 1.30 bits per heavy atom. The molecule has 3 rings (SSSR count). The Bertz CT molecular complexity index is 679. The normalized spacial score (nSPS) is 15.0. The lowest BCUT2D eigenvalue weighted by atomic mass is 10.1. The van der Waals surface area contributed by atoms with Crippen LogP contribution in [0.4, 0.5) is 5.69 Å². The molecule has 1 aromatic heterocycles. The van der Waals surface area contributed by atoms with Gasteiger partial charge < -0.3 is 10.6 Å². The van der Waals surface area contributed by atoms with Crippen LogP contribution in [0.5, 0.6) is 0 Å². The largest absolute Gasteiger partial charge is 0.320 e. The molecule has 2 aromatic rings. The zero-order chi connectivity index (χ0) is 15.5. The van der Waals surface area contributed by atoms with Crippen molar-refractivity contribution in [2.45, 2.75) is 32.7 Å². The summed E-state index contributed by atoms with van der Waals surface area (Å²) in [5.74, 6) is -0.214. The molecule has 2 N–H and O–H groups in total. The number of hydrogen-bond acceptors (Lipinski definition) is 4. The molecule has 1 amide bonds. The SMILES string of the molecule is Cc1ccc(C)c(NC(=O)c2cn(C3CCNCC3)nn2)c1.Cl. The Kier molecular flexibility index (Phi) is 5.74. The van der Waals surface area contributed by atoms with Crippen LogP contribution in [-0.2, 0) is 0 Å². The molecule has 0 bridgehead atoms. The van der Waals surface area contributed by atoms with Crippen molar-refractivity contribution in [1.82, 2.24) is 20.3 Å². The molecule has 6 nitrogen and oxygen atoms in total. The number of aromatic nitrogens is 3. The molecule has 1 aliphatic rings. The number of piperidine rings is 1. The molecule has 2 heterocycles. The van der Waals surface area contributed by atoms with Crippen LogP contribution < -0.4 is 10.6 Å². The Morgan fingerprint density at radius 2 is 2.04 bits per heavy atom. The summed E-state index contributed by atoms with van der Waals surface area (Å²) in [7, 11) is 0. The van der Waals surface area contributed by atoms with Gasteiger partial charge in [0.1, 0.15) is 0 Å². The number of nitrogens with one attached hydrogen (secondary N) is 2. The maximum absolute atomic E-state index is 12.3. The van der Waals surface area contributed by atoms with Gasteiger partial charge >= 0.3 is 0 Å². The van der Waals surface area contributed by atoms with E-state index in [9.17, 15) is 4.79 Å². The predicted octanol–water partition coefficient (Wildman–Crippen LogP) is 2.49. The van der Waals surface area contributed by atoms with Crippen LogP contribution in [0, 0.1) is 13.8 Å². The van der Waals surface area contributed by atoms with Gasteiger partial charge in [0.15, 0.2) is 5.69 Å². The quantitative estimate of drug-likeness (QED) is 0.904. The Labute approximate surface area is 142 Å². The molecular formula is C16H22ClN5O. The fourth-order valence-electron chi connectivity index (χ4n) is 2.69. The van der Waals surface area contributed by atoms with Gasteiger partial charge in [0.25, 0.3) is 5.91 Å². The topological polar surface area (TPSA) is 71.8 Å². The van der Waals surface area contributed by atoms with Gasteiger partial charge in [-0.15, -0.1) is 17.5 Å². The number of carbonyl (C=O) groups is 1.